The van der Waals surface area contributed by atoms with Gasteiger partial charge in [-0.15, -0.1) is 0 Å². The van der Waals surface area contributed by atoms with E-state index in [1.807, 2.05) is 24.3 Å². The minimum Gasteiger partial charge on any atom is -0.355 e. The van der Waals surface area contributed by atoms with Crippen LogP contribution in [0.25, 0.3) is 0 Å². The molecule has 0 aromatic heterocycles. The SMILES string of the molecule is CC(=O)NCC(C)(C)c1ccc(Cl)cc1. The molecular formula is C12H16ClNO. The molecule has 1 amide bonds. The van der Waals surface area contributed by atoms with Crippen molar-refractivity contribution in [2.24, 2.45) is 0 Å². The predicted molar refractivity (Wildman–Crippen MR) is 63.2 cm³/mol. The van der Waals surface area contributed by atoms with Gasteiger partial charge in [0.25, 0.3) is 0 Å². The van der Waals surface area contributed by atoms with Crippen LogP contribution >= 0.6 is 11.6 Å². The van der Waals surface area contributed by atoms with Gasteiger partial charge in [0.2, 0.25) is 5.91 Å². The van der Waals surface area contributed by atoms with Crippen LogP contribution in [0.15, 0.2) is 24.3 Å². The molecule has 2 nitrogen and oxygen atoms in total. The summed E-state index contributed by atoms with van der Waals surface area (Å²) in [6.07, 6.45) is 0. The number of nitrogens with one attached hydrogen (secondary N) is 1. The van der Waals surface area contributed by atoms with E-state index in [1.165, 1.54) is 12.5 Å². The fourth-order valence-electron chi connectivity index (χ4n) is 1.35. The van der Waals surface area contributed by atoms with Gasteiger partial charge >= 0.3 is 0 Å². The molecule has 1 N–H and O–H groups in total. The molecule has 0 saturated heterocycles. The summed E-state index contributed by atoms with van der Waals surface area (Å²) in [6.45, 7) is 6.33. The monoisotopic (exact) mass is 225 g/mol. The van der Waals surface area contributed by atoms with E-state index in [4.69, 9.17) is 11.6 Å². The lowest BCUT2D eigenvalue weighted by atomic mass is 9.84. The number of rotatable bonds is 3. The van der Waals surface area contributed by atoms with Crippen LogP contribution in [0.4, 0.5) is 0 Å². The standard InChI is InChI=1S/C12H16ClNO/c1-9(15)14-8-12(2,3)10-4-6-11(13)7-5-10/h4-7H,8H2,1-3H3,(H,14,15). The van der Waals surface area contributed by atoms with Crippen LogP contribution in [0, 0.1) is 0 Å². The van der Waals surface area contributed by atoms with Crippen molar-refractivity contribution in [3.63, 3.8) is 0 Å². The maximum absolute atomic E-state index is 10.8. The molecule has 1 rings (SSSR count). The number of benzene rings is 1. The van der Waals surface area contributed by atoms with E-state index < -0.39 is 0 Å². The third-order valence-corrected chi connectivity index (χ3v) is 2.66. The van der Waals surface area contributed by atoms with Crippen LogP contribution in [0.2, 0.25) is 5.02 Å². The Morgan fingerprint density at radius 1 is 1.33 bits per heavy atom. The molecular weight excluding hydrogens is 210 g/mol. The van der Waals surface area contributed by atoms with Crippen LogP contribution in [0.1, 0.15) is 26.3 Å². The van der Waals surface area contributed by atoms with E-state index >= 15 is 0 Å². The molecule has 0 aliphatic rings. The van der Waals surface area contributed by atoms with Crippen molar-refractivity contribution in [1.82, 2.24) is 5.32 Å². The Morgan fingerprint density at radius 2 is 1.87 bits per heavy atom. The molecule has 0 fully saturated rings. The van der Waals surface area contributed by atoms with Gasteiger partial charge in [-0.1, -0.05) is 37.6 Å². The summed E-state index contributed by atoms with van der Waals surface area (Å²) < 4.78 is 0. The van der Waals surface area contributed by atoms with E-state index in [1.54, 1.807) is 0 Å². The van der Waals surface area contributed by atoms with E-state index in [0.29, 0.717) is 6.54 Å². The van der Waals surface area contributed by atoms with Crippen LogP contribution in [-0.2, 0) is 10.2 Å². The van der Waals surface area contributed by atoms with E-state index in [9.17, 15) is 4.79 Å². The van der Waals surface area contributed by atoms with Gasteiger partial charge in [0.15, 0.2) is 0 Å². The van der Waals surface area contributed by atoms with E-state index in [2.05, 4.69) is 19.2 Å². The summed E-state index contributed by atoms with van der Waals surface area (Å²) in [5.74, 6) is -0.00274. The average molecular weight is 226 g/mol. The number of hydrogen-bond acceptors (Lipinski definition) is 1. The predicted octanol–water partition coefficient (Wildman–Crippen LogP) is 2.75. The summed E-state index contributed by atoms with van der Waals surface area (Å²) in [6, 6.07) is 7.72. The molecule has 0 unspecified atom stereocenters. The Hall–Kier alpha value is -1.02. The average Bonchev–Trinajstić information content (AvgIpc) is 2.16. The highest BCUT2D eigenvalue weighted by Crippen LogP contribution is 2.23. The number of carbonyl (C=O) groups is 1. The molecule has 0 bridgehead atoms. The Balaban J connectivity index is 2.76. The lowest BCUT2D eigenvalue weighted by Crippen LogP contribution is -2.35. The first-order valence-electron chi connectivity index (χ1n) is 4.92. The highest BCUT2D eigenvalue weighted by molar-refractivity contribution is 6.30. The van der Waals surface area contributed by atoms with Crippen molar-refractivity contribution in [3.8, 4) is 0 Å². The van der Waals surface area contributed by atoms with Gasteiger partial charge in [-0.2, -0.15) is 0 Å². The number of hydrogen-bond donors (Lipinski definition) is 1. The fourth-order valence-corrected chi connectivity index (χ4v) is 1.47. The zero-order chi connectivity index (χ0) is 11.5. The molecule has 0 aliphatic carbocycles. The summed E-state index contributed by atoms with van der Waals surface area (Å²) in [5, 5.41) is 3.56. The van der Waals surface area contributed by atoms with Crippen molar-refractivity contribution in [2.75, 3.05) is 6.54 Å². The number of halogens is 1. The van der Waals surface area contributed by atoms with Gasteiger partial charge in [-0.3, -0.25) is 4.79 Å². The van der Waals surface area contributed by atoms with Gasteiger partial charge in [-0.05, 0) is 17.7 Å². The van der Waals surface area contributed by atoms with Gasteiger partial charge in [0, 0.05) is 23.9 Å². The smallest absolute Gasteiger partial charge is 0.216 e. The maximum atomic E-state index is 10.8. The van der Waals surface area contributed by atoms with Gasteiger partial charge in [0.1, 0.15) is 0 Å². The molecule has 0 aliphatic heterocycles. The first kappa shape index (κ1) is 12.1. The summed E-state index contributed by atoms with van der Waals surface area (Å²) in [5.41, 5.74) is 1.09. The van der Waals surface area contributed by atoms with E-state index in [-0.39, 0.29) is 11.3 Å². The quantitative estimate of drug-likeness (QED) is 0.842. The van der Waals surface area contributed by atoms with Crippen LogP contribution in [0.3, 0.4) is 0 Å². The van der Waals surface area contributed by atoms with Gasteiger partial charge in [0.05, 0.1) is 0 Å². The Bertz CT molecular complexity index is 343. The lowest BCUT2D eigenvalue weighted by molar-refractivity contribution is -0.119. The van der Waals surface area contributed by atoms with Crippen LogP contribution in [-0.4, -0.2) is 12.5 Å². The first-order valence-corrected chi connectivity index (χ1v) is 5.30. The van der Waals surface area contributed by atoms with Crippen LogP contribution in [0.5, 0.6) is 0 Å². The molecule has 1 aromatic carbocycles. The van der Waals surface area contributed by atoms with Crippen molar-refractivity contribution < 1.29 is 4.79 Å². The van der Waals surface area contributed by atoms with Crippen molar-refractivity contribution in [2.45, 2.75) is 26.2 Å². The first-order chi connectivity index (χ1) is 6.92. The van der Waals surface area contributed by atoms with Crippen molar-refractivity contribution in [3.05, 3.63) is 34.9 Å². The zero-order valence-electron chi connectivity index (χ0n) is 9.30. The Morgan fingerprint density at radius 3 is 2.33 bits per heavy atom. The molecule has 15 heavy (non-hydrogen) atoms. The summed E-state index contributed by atoms with van der Waals surface area (Å²) in [7, 11) is 0. The Labute approximate surface area is 95.6 Å². The van der Waals surface area contributed by atoms with Gasteiger partial charge in [-0.25, -0.2) is 0 Å². The second-order valence-corrected chi connectivity index (χ2v) is 4.74. The highest BCUT2D eigenvalue weighted by Gasteiger charge is 2.20. The van der Waals surface area contributed by atoms with Gasteiger partial charge < -0.3 is 5.32 Å². The molecule has 82 valence electrons. The number of carbonyl (C=O) groups excluding carboxylic acids is 1. The maximum Gasteiger partial charge on any atom is 0.216 e. The minimum absolute atomic E-state index is 0.00274. The topological polar surface area (TPSA) is 29.1 Å². The lowest BCUT2D eigenvalue weighted by Gasteiger charge is -2.25. The summed E-state index contributed by atoms with van der Waals surface area (Å²) in [4.78, 5) is 10.8. The molecule has 0 heterocycles. The second-order valence-electron chi connectivity index (χ2n) is 4.30. The van der Waals surface area contributed by atoms with Crippen molar-refractivity contribution in [1.29, 1.82) is 0 Å². The third kappa shape index (κ3) is 3.56. The molecule has 1 aromatic rings. The second kappa shape index (κ2) is 4.67. The molecule has 0 saturated carbocycles. The molecule has 3 heteroatoms. The van der Waals surface area contributed by atoms with E-state index in [0.717, 1.165) is 5.02 Å². The zero-order valence-corrected chi connectivity index (χ0v) is 10.1. The Kier molecular flexibility index (Phi) is 3.75. The minimum atomic E-state index is -0.0732. The molecule has 0 radical (unpaired) electrons. The largest absolute Gasteiger partial charge is 0.355 e. The summed E-state index contributed by atoms with van der Waals surface area (Å²) >= 11 is 5.82. The normalized spacial score (nSPS) is 11.2. The van der Waals surface area contributed by atoms with Crippen molar-refractivity contribution >= 4 is 17.5 Å². The third-order valence-electron chi connectivity index (χ3n) is 2.40. The highest BCUT2D eigenvalue weighted by atomic mass is 35.5. The molecule has 0 spiro atoms. The van der Waals surface area contributed by atoms with Crippen LogP contribution < -0.4 is 5.32 Å². The fraction of sp³-hybridized carbons (Fsp3) is 0.417. The number of amides is 1. The molecule has 0 atom stereocenters.